The largest absolute Gasteiger partial charge is 0.497 e. The molecular formula is C22H20ClNO2. The highest BCUT2D eigenvalue weighted by molar-refractivity contribution is 6.30. The van der Waals surface area contributed by atoms with E-state index in [0.29, 0.717) is 17.0 Å². The Balaban J connectivity index is 1.86. The smallest absolute Gasteiger partial charge is 0.165 e. The number of ether oxygens (including phenoxy) is 1. The number of carbonyl (C=O) groups is 1. The molecule has 3 nitrogen and oxygen atoms in total. The highest BCUT2D eigenvalue weighted by Gasteiger charge is 2.17. The Morgan fingerprint density at radius 3 is 2.38 bits per heavy atom. The number of rotatable bonds is 7. The van der Waals surface area contributed by atoms with Crippen LogP contribution < -0.4 is 10.1 Å². The zero-order chi connectivity index (χ0) is 18.4. The molecule has 0 aromatic heterocycles. The van der Waals surface area contributed by atoms with Crippen LogP contribution in [0.2, 0.25) is 5.02 Å². The second-order valence-corrected chi connectivity index (χ2v) is 6.41. The van der Waals surface area contributed by atoms with Gasteiger partial charge in [0.2, 0.25) is 0 Å². The van der Waals surface area contributed by atoms with Crippen LogP contribution in [0.3, 0.4) is 0 Å². The van der Waals surface area contributed by atoms with Gasteiger partial charge < -0.3 is 10.1 Å². The van der Waals surface area contributed by atoms with Crippen LogP contribution in [0.15, 0.2) is 78.9 Å². The summed E-state index contributed by atoms with van der Waals surface area (Å²) in [4.78, 5) is 12.7. The maximum atomic E-state index is 12.7. The molecule has 0 fully saturated rings. The van der Waals surface area contributed by atoms with Crippen molar-refractivity contribution in [2.75, 3.05) is 12.4 Å². The Kier molecular flexibility index (Phi) is 5.92. The van der Waals surface area contributed by atoms with E-state index in [1.54, 1.807) is 7.11 Å². The third kappa shape index (κ3) is 4.64. The lowest BCUT2D eigenvalue weighted by atomic mass is 9.97. The molecule has 132 valence electrons. The van der Waals surface area contributed by atoms with Gasteiger partial charge in [-0.1, -0.05) is 60.1 Å². The summed E-state index contributed by atoms with van der Waals surface area (Å²) in [5, 5.41) is 4.08. The highest BCUT2D eigenvalue weighted by Crippen LogP contribution is 2.27. The van der Waals surface area contributed by atoms with Gasteiger partial charge in [-0.2, -0.15) is 0 Å². The van der Waals surface area contributed by atoms with E-state index in [9.17, 15) is 4.79 Å². The highest BCUT2D eigenvalue weighted by atomic mass is 35.5. The molecule has 3 aromatic rings. The number of halogens is 1. The molecule has 0 saturated carbocycles. The van der Waals surface area contributed by atoms with Gasteiger partial charge in [0.25, 0.3) is 0 Å². The number of methoxy groups -OCH3 is 1. The zero-order valence-electron chi connectivity index (χ0n) is 14.5. The van der Waals surface area contributed by atoms with Crippen molar-refractivity contribution in [1.82, 2.24) is 0 Å². The number of carbonyl (C=O) groups excluding carboxylic acids is 1. The predicted octanol–water partition coefficient (Wildman–Crippen LogP) is 5.77. The van der Waals surface area contributed by atoms with Crippen molar-refractivity contribution in [2.45, 2.75) is 12.5 Å². The molecule has 0 aliphatic rings. The van der Waals surface area contributed by atoms with Gasteiger partial charge in [-0.05, 0) is 35.9 Å². The normalized spacial score (nSPS) is 11.6. The van der Waals surface area contributed by atoms with Crippen LogP contribution in [0, 0.1) is 0 Å². The first-order chi connectivity index (χ1) is 12.7. The van der Waals surface area contributed by atoms with Crippen molar-refractivity contribution in [3.63, 3.8) is 0 Å². The van der Waals surface area contributed by atoms with Crippen LogP contribution in [0.4, 0.5) is 5.69 Å². The molecule has 0 amide bonds. The standard InChI is InChI=1S/C22H20ClNO2/c1-26-20-12-10-16(11-13-20)21(24-19-9-5-8-18(23)14-19)15-22(25)17-6-3-2-4-7-17/h2-14,21,24H,15H2,1H3/t21-/m1/s1. The van der Waals surface area contributed by atoms with Gasteiger partial charge in [-0.25, -0.2) is 0 Å². The topological polar surface area (TPSA) is 38.3 Å². The molecule has 0 aliphatic heterocycles. The lowest BCUT2D eigenvalue weighted by molar-refractivity contribution is 0.0976. The molecule has 0 spiro atoms. The van der Waals surface area contributed by atoms with Gasteiger partial charge in [0.15, 0.2) is 5.78 Å². The fourth-order valence-electron chi connectivity index (χ4n) is 2.80. The Morgan fingerprint density at radius 1 is 1.00 bits per heavy atom. The lowest BCUT2D eigenvalue weighted by Gasteiger charge is -2.20. The molecular weight excluding hydrogens is 346 g/mol. The minimum atomic E-state index is -0.174. The SMILES string of the molecule is COc1ccc([C@@H](CC(=O)c2ccccc2)Nc2cccc(Cl)c2)cc1. The molecule has 0 aliphatic carbocycles. The summed E-state index contributed by atoms with van der Waals surface area (Å²) < 4.78 is 5.23. The number of Topliss-reactive ketones (excluding diaryl/α,β-unsaturated/α-hetero) is 1. The van der Waals surface area contributed by atoms with Crippen molar-refractivity contribution in [3.05, 3.63) is 95.0 Å². The van der Waals surface area contributed by atoms with Crippen LogP contribution in [-0.4, -0.2) is 12.9 Å². The first-order valence-corrected chi connectivity index (χ1v) is 8.78. The number of ketones is 1. The number of hydrogen-bond acceptors (Lipinski definition) is 3. The molecule has 0 unspecified atom stereocenters. The maximum Gasteiger partial charge on any atom is 0.165 e. The van der Waals surface area contributed by atoms with Gasteiger partial charge in [0.05, 0.1) is 13.2 Å². The van der Waals surface area contributed by atoms with Crippen LogP contribution in [0.5, 0.6) is 5.75 Å². The van der Waals surface area contributed by atoms with E-state index in [4.69, 9.17) is 16.3 Å². The number of anilines is 1. The van der Waals surface area contributed by atoms with Crippen molar-refractivity contribution in [2.24, 2.45) is 0 Å². The van der Waals surface area contributed by atoms with E-state index in [-0.39, 0.29) is 11.8 Å². The van der Waals surface area contributed by atoms with E-state index < -0.39 is 0 Å². The van der Waals surface area contributed by atoms with Gasteiger partial charge in [-0.3, -0.25) is 4.79 Å². The molecule has 0 radical (unpaired) electrons. The number of nitrogens with one attached hydrogen (secondary N) is 1. The quantitative estimate of drug-likeness (QED) is 0.540. The predicted molar refractivity (Wildman–Crippen MR) is 106 cm³/mol. The molecule has 3 aromatic carbocycles. The summed E-state index contributed by atoms with van der Waals surface area (Å²) in [5.74, 6) is 0.866. The van der Waals surface area contributed by atoms with Gasteiger partial charge in [0.1, 0.15) is 5.75 Å². The van der Waals surface area contributed by atoms with E-state index >= 15 is 0 Å². The van der Waals surface area contributed by atoms with E-state index in [2.05, 4.69) is 5.32 Å². The van der Waals surface area contributed by atoms with Crippen molar-refractivity contribution < 1.29 is 9.53 Å². The molecule has 0 heterocycles. The van der Waals surface area contributed by atoms with Gasteiger partial charge >= 0.3 is 0 Å². The fraction of sp³-hybridized carbons (Fsp3) is 0.136. The monoisotopic (exact) mass is 365 g/mol. The fourth-order valence-corrected chi connectivity index (χ4v) is 2.99. The first kappa shape index (κ1) is 18.0. The van der Waals surface area contributed by atoms with Crippen LogP contribution in [-0.2, 0) is 0 Å². The van der Waals surface area contributed by atoms with E-state index in [0.717, 1.165) is 17.0 Å². The summed E-state index contributed by atoms with van der Waals surface area (Å²) in [6.07, 6.45) is 0.336. The van der Waals surface area contributed by atoms with Gasteiger partial charge in [-0.15, -0.1) is 0 Å². The third-order valence-corrected chi connectivity index (χ3v) is 4.40. The molecule has 0 saturated heterocycles. The molecule has 1 atom stereocenters. The van der Waals surface area contributed by atoms with Crippen molar-refractivity contribution in [1.29, 1.82) is 0 Å². The summed E-state index contributed by atoms with van der Waals surface area (Å²) in [7, 11) is 1.63. The third-order valence-electron chi connectivity index (χ3n) is 4.17. The van der Waals surface area contributed by atoms with Crippen LogP contribution >= 0.6 is 11.6 Å². The first-order valence-electron chi connectivity index (χ1n) is 8.40. The Labute approximate surface area is 158 Å². The molecule has 3 rings (SSSR count). The van der Waals surface area contributed by atoms with Crippen LogP contribution in [0.1, 0.15) is 28.4 Å². The van der Waals surface area contributed by atoms with E-state index in [1.807, 2.05) is 78.9 Å². The molecule has 0 bridgehead atoms. The second-order valence-electron chi connectivity index (χ2n) is 5.97. The average Bonchev–Trinajstić information content (AvgIpc) is 2.68. The number of benzene rings is 3. The van der Waals surface area contributed by atoms with Crippen LogP contribution in [0.25, 0.3) is 0 Å². The Morgan fingerprint density at radius 2 is 1.73 bits per heavy atom. The summed E-state index contributed by atoms with van der Waals surface area (Å²) in [5.41, 5.74) is 2.59. The minimum absolute atomic E-state index is 0.0842. The second kappa shape index (κ2) is 8.54. The van der Waals surface area contributed by atoms with E-state index in [1.165, 1.54) is 0 Å². The zero-order valence-corrected chi connectivity index (χ0v) is 15.2. The lowest BCUT2D eigenvalue weighted by Crippen LogP contribution is -2.16. The number of hydrogen-bond donors (Lipinski definition) is 1. The van der Waals surface area contributed by atoms with Gasteiger partial charge in [0, 0.05) is 22.7 Å². The molecule has 4 heteroatoms. The Bertz CT molecular complexity index is 863. The average molecular weight is 366 g/mol. The molecule has 26 heavy (non-hydrogen) atoms. The molecule has 1 N–H and O–H groups in total. The Hall–Kier alpha value is -2.78. The maximum absolute atomic E-state index is 12.7. The summed E-state index contributed by atoms with van der Waals surface area (Å²) in [6.45, 7) is 0. The van der Waals surface area contributed by atoms with Crippen molar-refractivity contribution >= 4 is 23.1 Å². The summed E-state index contributed by atoms with van der Waals surface area (Å²) >= 11 is 6.09. The summed E-state index contributed by atoms with van der Waals surface area (Å²) in [6, 6.07) is 24.4. The minimum Gasteiger partial charge on any atom is -0.497 e. The van der Waals surface area contributed by atoms with Crippen molar-refractivity contribution in [3.8, 4) is 5.75 Å².